The van der Waals surface area contributed by atoms with Crippen LogP contribution in [0.3, 0.4) is 0 Å². The third-order valence-electron chi connectivity index (χ3n) is 2.66. The highest BCUT2D eigenvalue weighted by Gasteiger charge is 2.29. The Balaban J connectivity index is 1.89. The van der Waals surface area contributed by atoms with Crippen molar-refractivity contribution in [3.05, 3.63) is 20.8 Å². The molecule has 0 aromatic carbocycles. The third-order valence-corrected chi connectivity index (χ3v) is 4.34. The van der Waals surface area contributed by atoms with Gasteiger partial charge < -0.3 is 5.11 Å². The first-order valence-electron chi connectivity index (χ1n) is 5.34. The molecule has 0 unspecified atom stereocenters. The molecular formula is C11H14BrNO2S. The van der Waals surface area contributed by atoms with Crippen molar-refractivity contribution in [3.63, 3.8) is 0 Å². The van der Waals surface area contributed by atoms with Gasteiger partial charge >= 0.3 is 5.97 Å². The number of halogens is 1. The molecule has 2 rings (SSSR count). The first-order valence-corrected chi connectivity index (χ1v) is 7.01. The molecule has 3 nitrogen and oxygen atoms in total. The molecule has 0 spiro atoms. The molecule has 1 heterocycles. The molecular weight excluding hydrogens is 290 g/mol. The third kappa shape index (κ3) is 3.57. The van der Waals surface area contributed by atoms with Gasteiger partial charge in [0.2, 0.25) is 0 Å². The molecule has 0 radical (unpaired) electrons. The highest BCUT2D eigenvalue weighted by molar-refractivity contribution is 9.10. The van der Waals surface area contributed by atoms with E-state index in [0.717, 1.165) is 11.0 Å². The summed E-state index contributed by atoms with van der Waals surface area (Å²) in [6, 6.07) is 2.72. The van der Waals surface area contributed by atoms with Gasteiger partial charge in [0.1, 0.15) is 0 Å². The molecule has 16 heavy (non-hydrogen) atoms. The van der Waals surface area contributed by atoms with Crippen LogP contribution in [0.4, 0.5) is 0 Å². The van der Waals surface area contributed by atoms with Crippen molar-refractivity contribution < 1.29 is 9.90 Å². The van der Waals surface area contributed by atoms with E-state index in [4.69, 9.17) is 5.11 Å². The Kier molecular flexibility index (Phi) is 4.00. The monoisotopic (exact) mass is 303 g/mol. The zero-order valence-corrected chi connectivity index (χ0v) is 11.3. The molecule has 1 fully saturated rings. The molecule has 0 bridgehead atoms. The zero-order chi connectivity index (χ0) is 11.5. The van der Waals surface area contributed by atoms with Crippen LogP contribution >= 0.6 is 27.3 Å². The molecule has 0 atom stereocenters. The summed E-state index contributed by atoms with van der Waals surface area (Å²) in [6.07, 6.45) is 2.67. The maximum atomic E-state index is 10.6. The molecule has 1 aromatic rings. The molecule has 1 saturated carbocycles. The van der Waals surface area contributed by atoms with E-state index in [1.54, 1.807) is 11.3 Å². The summed E-state index contributed by atoms with van der Waals surface area (Å²) in [6.45, 7) is 1.55. The van der Waals surface area contributed by atoms with Crippen LogP contribution in [0.1, 0.15) is 24.1 Å². The van der Waals surface area contributed by atoms with Crippen molar-refractivity contribution in [1.82, 2.24) is 4.90 Å². The number of carboxylic acid groups (broad SMARTS) is 1. The predicted octanol–water partition coefficient (Wildman–Crippen LogP) is 2.95. The Morgan fingerprint density at radius 3 is 2.88 bits per heavy atom. The van der Waals surface area contributed by atoms with Gasteiger partial charge in [0.15, 0.2) is 0 Å². The number of aliphatic carboxylic acids is 1. The van der Waals surface area contributed by atoms with E-state index in [1.807, 2.05) is 0 Å². The van der Waals surface area contributed by atoms with Crippen molar-refractivity contribution in [2.24, 2.45) is 0 Å². The fourth-order valence-corrected chi connectivity index (χ4v) is 3.18. The average Bonchev–Trinajstić information content (AvgIpc) is 2.98. The van der Waals surface area contributed by atoms with Crippen LogP contribution in [0.15, 0.2) is 15.9 Å². The van der Waals surface area contributed by atoms with E-state index in [9.17, 15) is 4.79 Å². The van der Waals surface area contributed by atoms with E-state index in [-0.39, 0.29) is 6.42 Å². The lowest BCUT2D eigenvalue weighted by molar-refractivity contribution is -0.137. The van der Waals surface area contributed by atoms with E-state index >= 15 is 0 Å². The largest absolute Gasteiger partial charge is 0.481 e. The van der Waals surface area contributed by atoms with Crippen molar-refractivity contribution in [2.75, 3.05) is 6.54 Å². The molecule has 1 aliphatic rings. The maximum absolute atomic E-state index is 10.6. The van der Waals surface area contributed by atoms with E-state index in [2.05, 4.69) is 32.3 Å². The number of nitrogens with zero attached hydrogens (tertiary/aromatic N) is 1. The van der Waals surface area contributed by atoms with Crippen LogP contribution in [0.5, 0.6) is 0 Å². The second-order valence-corrected chi connectivity index (χ2v) is 5.99. The number of carboxylic acids is 1. The first-order chi connectivity index (χ1) is 7.65. The highest BCUT2D eigenvalue weighted by atomic mass is 79.9. The van der Waals surface area contributed by atoms with Crippen LogP contribution in [0, 0.1) is 0 Å². The fourth-order valence-electron chi connectivity index (χ4n) is 1.71. The fraction of sp³-hybridized carbons (Fsp3) is 0.545. The van der Waals surface area contributed by atoms with E-state index < -0.39 is 5.97 Å². The van der Waals surface area contributed by atoms with Crippen molar-refractivity contribution >= 4 is 33.2 Å². The first kappa shape index (κ1) is 12.1. The number of carbonyl (C=O) groups is 1. The van der Waals surface area contributed by atoms with Crippen LogP contribution in [-0.2, 0) is 11.3 Å². The Morgan fingerprint density at radius 1 is 1.62 bits per heavy atom. The Labute approximate surface area is 107 Å². The Bertz CT molecular complexity index is 376. The standard InChI is InChI=1S/C11H14BrNO2S/c12-8-5-10(16-7-8)6-13(9-1-2-9)4-3-11(14)15/h5,7,9H,1-4,6H2,(H,14,15). The Hall–Kier alpha value is -0.390. The number of thiophene rings is 1. The SMILES string of the molecule is O=C(O)CCN(Cc1cc(Br)cs1)C1CC1. The predicted molar refractivity (Wildman–Crippen MR) is 67.7 cm³/mol. The summed E-state index contributed by atoms with van der Waals surface area (Å²) in [5.74, 6) is -0.710. The van der Waals surface area contributed by atoms with Crippen LogP contribution in [-0.4, -0.2) is 28.6 Å². The lowest BCUT2D eigenvalue weighted by atomic mass is 10.3. The highest BCUT2D eigenvalue weighted by Crippen LogP contribution is 2.30. The quantitative estimate of drug-likeness (QED) is 0.878. The Morgan fingerprint density at radius 2 is 2.38 bits per heavy atom. The summed E-state index contributed by atoms with van der Waals surface area (Å²) < 4.78 is 1.11. The van der Waals surface area contributed by atoms with Crippen LogP contribution in [0.25, 0.3) is 0 Å². The van der Waals surface area contributed by atoms with E-state index in [1.165, 1.54) is 17.7 Å². The maximum Gasteiger partial charge on any atom is 0.304 e. The summed E-state index contributed by atoms with van der Waals surface area (Å²) in [4.78, 5) is 14.2. The second-order valence-electron chi connectivity index (χ2n) is 4.08. The molecule has 1 N–H and O–H groups in total. The normalized spacial score (nSPS) is 15.6. The molecule has 0 aliphatic heterocycles. The second kappa shape index (κ2) is 5.29. The lowest BCUT2D eigenvalue weighted by Crippen LogP contribution is -2.27. The summed E-state index contributed by atoms with van der Waals surface area (Å²) in [5, 5.41) is 10.8. The number of rotatable bonds is 6. The number of hydrogen-bond donors (Lipinski definition) is 1. The zero-order valence-electron chi connectivity index (χ0n) is 8.86. The van der Waals surface area contributed by atoms with Crippen molar-refractivity contribution in [1.29, 1.82) is 0 Å². The molecule has 0 amide bonds. The van der Waals surface area contributed by atoms with Gasteiger partial charge in [-0.25, -0.2) is 0 Å². The topological polar surface area (TPSA) is 40.5 Å². The minimum absolute atomic E-state index is 0.239. The van der Waals surface area contributed by atoms with Gasteiger partial charge in [0.05, 0.1) is 6.42 Å². The molecule has 1 aromatic heterocycles. The van der Waals surface area contributed by atoms with Crippen molar-refractivity contribution in [3.8, 4) is 0 Å². The summed E-state index contributed by atoms with van der Waals surface area (Å²) in [5.41, 5.74) is 0. The van der Waals surface area contributed by atoms with E-state index in [0.29, 0.717) is 12.6 Å². The molecule has 5 heteroatoms. The minimum atomic E-state index is -0.710. The lowest BCUT2D eigenvalue weighted by Gasteiger charge is -2.19. The van der Waals surface area contributed by atoms with Gasteiger partial charge in [-0.1, -0.05) is 0 Å². The van der Waals surface area contributed by atoms with Gasteiger partial charge in [-0.05, 0) is 34.8 Å². The van der Waals surface area contributed by atoms with Gasteiger partial charge in [-0.2, -0.15) is 0 Å². The number of hydrogen-bond acceptors (Lipinski definition) is 3. The van der Waals surface area contributed by atoms with Crippen LogP contribution < -0.4 is 0 Å². The van der Waals surface area contributed by atoms with Gasteiger partial charge in [-0.3, -0.25) is 9.69 Å². The van der Waals surface area contributed by atoms with Crippen LogP contribution in [0.2, 0.25) is 0 Å². The molecule has 0 saturated heterocycles. The van der Waals surface area contributed by atoms with Gasteiger partial charge in [0.25, 0.3) is 0 Å². The minimum Gasteiger partial charge on any atom is -0.481 e. The molecule has 1 aliphatic carbocycles. The van der Waals surface area contributed by atoms with Gasteiger partial charge in [-0.15, -0.1) is 11.3 Å². The van der Waals surface area contributed by atoms with Gasteiger partial charge in [0, 0.05) is 33.9 Å². The summed E-state index contributed by atoms with van der Waals surface area (Å²) in [7, 11) is 0. The average molecular weight is 304 g/mol. The van der Waals surface area contributed by atoms with Crippen molar-refractivity contribution in [2.45, 2.75) is 31.8 Å². The smallest absolute Gasteiger partial charge is 0.304 e. The summed E-state index contributed by atoms with van der Waals surface area (Å²) >= 11 is 5.16. The molecule has 88 valence electrons.